The minimum absolute atomic E-state index is 0.173. The van der Waals surface area contributed by atoms with Crippen LogP contribution >= 0.6 is 0 Å². The van der Waals surface area contributed by atoms with Gasteiger partial charge in [-0.2, -0.15) is 0 Å². The normalized spacial score (nSPS) is 14.6. The van der Waals surface area contributed by atoms with Crippen molar-refractivity contribution in [3.8, 4) is 0 Å². The van der Waals surface area contributed by atoms with E-state index in [0.717, 1.165) is 31.4 Å². The van der Waals surface area contributed by atoms with Gasteiger partial charge < -0.3 is 14.9 Å². The van der Waals surface area contributed by atoms with Crippen molar-refractivity contribution in [3.05, 3.63) is 48.6 Å². The van der Waals surface area contributed by atoms with Crippen LogP contribution in [0.3, 0.4) is 0 Å². The molecule has 0 aliphatic carbocycles. The number of hydrogen-bond acceptors (Lipinski definition) is 5. The molecule has 0 aliphatic rings. The molecule has 0 heterocycles. The van der Waals surface area contributed by atoms with Gasteiger partial charge in [-0.15, -0.1) is 6.58 Å². The maximum absolute atomic E-state index is 12.4. The van der Waals surface area contributed by atoms with Gasteiger partial charge in [0, 0.05) is 13.1 Å². The lowest BCUT2D eigenvalue weighted by Crippen LogP contribution is -2.37. The van der Waals surface area contributed by atoms with Crippen LogP contribution in [0.2, 0.25) is 0 Å². The molecule has 0 saturated heterocycles. The van der Waals surface area contributed by atoms with Gasteiger partial charge in [-0.1, -0.05) is 42.8 Å². The van der Waals surface area contributed by atoms with Crippen molar-refractivity contribution in [2.24, 2.45) is 5.92 Å². The molecule has 5 heteroatoms. The van der Waals surface area contributed by atoms with E-state index in [-0.39, 0.29) is 11.9 Å². The van der Waals surface area contributed by atoms with E-state index >= 15 is 0 Å². The van der Waals surface area contributed by atoms with Crippen LogP contribution in [-0.4, -0.2) is 52.9 Å². The van der Waals surface area contributed by atoms with E-state index < -0.39 is 12.2 Å². The number of nitrogens with zero attached hydrogens (tertiary/aromatic N) is 1. The maximum atomic E-state index is 12.4. The first-order chi connectivity index (χ1) is 12.9. The molecule has 5 nitrogen and oxygen atoms in total. The molecule has 1 unspecified atom stereocenters. The van der Waals surface area contributed by atoms with Crippen LogP contribution in [0.15, 0.2) is 43.0 Å². The van der Waals surface area contributed by atoms with Crippen molar-refractivity contribution in [1.29, 1.82) is 0 Å². The van der Waals surface area contributed by atoms with Crippen molar-refractivity contribution in [2.45, 2.75) is 58.3 Å². The summed E-state index contributed by atoms with van der Waals surface area (Å²) in [5.41, 5.74) is 0.982. The van der Waals surface area contributed by atoms with Gasteiger partial charge in [0.15, 0.2) is 0 Å². The fourth-order valence-electron chi connectivity index (χ4n) is 3.11. The summed E-state index contributed by atoms with van der Waals surface area (Å²) in [6.45, 7) is 9.41. The zero-order valence-electron chi connectivity index (χ0n) is 16.7. The SMILES string of the molecule is C=CCC(CCCCN(C[C@@H](C)O)C[C@@H](C)O)C(=O)OCc1ccccc1. The standard InChI is InChI=1S/C22H35NO4/c1-4-10-21(22(26)27-17-20-11-6-5-7-12-20)13-8-9-14-23(15-18(2)24)16-19(3)25/h4-7,11-12,18-19,21,24-25H,1,8-10,13-17H2,2-3H3/t18-,19-,21?/m1/s1. The van der Waals surface area contributed by atoms with Crippen LogP contribution in [0.25, 0.3) is 0 Å². The molecule has 2 N–H and O–H groups in total. The average molecular weight is 378 g/mol. The molecule has 0 spiro atoms. The van der Waals surface area contributed by atoms with Crippen molar-refractivity contribution in [2.75, 3.05) is 19.6 Å². The monoisotopic (exact) mass is 377 g/mol. The Hall–Kier alpha value is -1.69. The smallest absolute Gasteiger partial charge is 0.309 e. The first-order valence-electron chi connectivity index (χ1n) is 9.82. The van der Waals surface area contributed by atoms with Gasteiger partial charge >= 0.3 is 5.97 Å². The maximum Gasteiger partial charge on any atom is 0.309 e. The molecule has 3 atom stereocenters. The van der Waals surface area contributed by atoms with Gasteiger partial charge in [-0.05, 0) is 45.2 Å². The number of esters is 1. The Morgan fingerprint density at radius 3 is 2.33 bits per heavy atom. The number of rotatable bonds is 14. The Kier molecular flexibility index (Phi) is 11.7. The minimum atomic E-state index is -0.426. The molecule has 152 valence electrons. The molecule has 0 radical (unpaired) electrons. The molecule has 1 aromatic carbocycles. The zero-order valence-corrected chi connectivity index (χ0v) is 16.7. The average Bonchev–Trinajstić information content (AvgIpc) is 2.62. The van der Waals surface area contributed by atoms with E-state index in [2.05, 4.69) is 11.5 Å². The highest BCUT2D eigenvalue weighted by atomic mass is 16.5. The van der Waals surface area contributed by atoms with Crippen molar-refractivity contribution >= 4 is 5.97 Å². The summed E-state index contributed by atoms with van der Waals surface area (Å²) in [5.74, 6) is -0.350. The Bertz CT molecular complexity index is 520. The van der Waals surface area contributed by atoms with Crippen LogP contribution in [0, 0.1) is 5.92 Å². The number of carbonyl (C=O) groups is 1. The highest BCUT2D eigenvalue weighted by molar-refractivity contribution is 5.72. The fraction of sp³-hybridized carbons (Fsp3) is 0.591. The van der Waals surface area contributed by atoms with Gasteiger partial charge in [0.1, 0.15) is 6.61 Å². The Morgan fingerprint density at radius 1 is 1.15 bits per heavy atom. The van der Waals surface area contributed by atoms with Crippen LogP contribution in [0.1, 0.15) is 45.1 Å². The van der Waals surface area contributed by atoms with Crippen LogP contribution < -0.4 is 0 Å². The van der Waals surface area contributed by atoms with E-state index in [1.165, 1.54) is 0 Å². The van der Waals surface area contributed by atoms with Crippen molar-refractivity contribution in [1.82, 2.24) is 4.90 Å². The zero-order chi connectivity index (χ0) is 20.1. The number of benzene rings is 1. The fourth-order valence-corrected chi connectivity index (χ4v) is 3.11. The Balaban J connectivity index is 2.39. The number of allylic oxidation sites excluding steroid dienone is 1. The summed E-state index contributed by atoms with van der Waals surface area (Å²) in [4.78, 5) is 14.4. The Labute approximate surface area is 163 Å². The second-order valence-electron chi connectivity index (χ2n) is 7.27. The summed E-state index contributed by atoms with van der Waals surface area (Å²) >= 11 is 0. The first kappa shape index (κ1) is 23.3. The van der Waals surface area contributed by atoms with Gasteiger partial charge in [0.05, 0.1) is 18.1 Å². The van der Waals surface area contributed by atoms with Gasteiger partial charge in [-0.25, -0.2) is 0 Å². The van der Waals surface area contributed by atoms with Gasteiger partial charge in [0.25, 0.3) is 0 Å². The Morgan fingerprint density at radius 2 is 1.78 bits per heavy atom. The molecule has 1 aromatic rings. The van der Waals surface area contributed by atoms with Crippen LogP contribution in [-0.2, 0) is 16.1 Å². The first-order valence-corrected chi connectivity index (χ1v) is 9.82. The lowest BCUT2D eigenvalue weighted by molar-refractivity contribution is -0.150. The number of hydrogen-bond donors (Lipinski definition) is 2. The van der Waals surface area contributed by atoms with E-state index in [1.807, 2.05) is 30.3 Å². The number of ether oxygens (including phenoxy) is 1. The van der Waals surface area contributed by atoms with Crippen molar-refractivity contribution in [3.63, 3.8) is 0 Å². The second kappa shape index (κ2) is 13.5. The molecule has 1 rings (SSSR count). The third kappa shape index (κ3) is 10.9. The molecular weight excluding hydrogens is 342 g/mol. The molecule has 0 saturated carbocycles. The van der Waals surface area contributed by atoms with Crippen LogP contribution in [0.4, 0.5) is 0 Å². The molecule has 0 amide bonds. The molecule has 0 fully saturated rings. The molecular formula is C22H35NO4. The molecule has 0 bridgehead atoms. The topological polar surface area (TPSA) is 70.0 Å². The largest absolute Gasteiger partial charge is 0.461 e. The molecule has 0 aliphatic heterocycles. The predicted molar refractivity (Wildman–Crippen MR) is 108 cm³/mol. The lowest BCUT2D eigenvalue weighted by Gasteiger charge is -2.25. The lowest BCUT2D eigenvalue weighted by atomic mass is 9.98. The van der Waals surface area contributed by atoms with Gasteiger partial charge in [-0.3, -0.25) is 9.69 Å². The summed E-state index contributed by atoms with van der Waals surface area (Å²) in [7, 11) is 0. The van der Waals surface area contributed by atoms with E-state index in [9.17, 15) is 15.0 Å². The summed E-state index contributed by atoms with van der Waals surface area (Å²) in [5, 5.41) is 19.2. The third-order valence-corrected chi connectivity index (χ3v) is 4.33. The number of aliphatic hydroxyl groups is 2. The minimum Gasteiger partial charge on any atom is -0.461 e. The number of aliphatic hydroxyl groups excluding tert-OH is 2. The van der Waals surface area contributed by atoms with Crippen molar-refractivity contribution < 1.29 is 19.7 Å². The predicted octanol–water partition coefficient (Wildman–Crippen LogP) is 3.16. The third-order valence-electron chi connectivity index (χ3n) is 4.33. The van der Waals surface area contributed by atoms with Gasteiger partial charge in [0.2, 0.25) is 0 Å². The number of unbranched alkanes of at least 4 members (excludes halogenated alkanes) is 1. The van der Waals surface area contributed by atoms with E-state index in [0.29, 0.717) is 26.1 Å². The highest BCUT2D eigenvalue weighted by Crippen LogP contribution is 2.17. The second-order valence-corrected chi connectivity index (χ2v) is 7.27. The van der Waals surface area contributed by atoms with E-state index in [1.54, 1.807) is 19.9 Å². The summed E-state index contributed by atoms with van der Waals surface area (Å²) in [6, 6.07) is 9.67. The summed E-state index contributed by atoms with van der Waals surface area (Å²) < 4.78 is 5.46. The van der Waals surface area contributed by atoms with Crippen LogP contribution in [0.5, 0.6) is 0 Å². The van der Waals surface area contributed by atoms with E-state index in [4.69, 9.17) is 4.74 Å². The molecule has 27 heavy (non-hydrogen) atoms. The quantitative estimate of drug-likeness (QED) is 0.296. The highest BCUT2D eigenvalue weighted by Gasteiger charge is 2.19. The summed E-state index contributed by atoms with van der Waals surface area (Å²) in [6.07, 6.45) is 4.06. The number of carbonyl (C=O) groups excluding carboxylic acids is 1. The molecule has 0 aromatic heterocycles.